The van der Waals surface area contributed by atoms with Crippen molar-refractivity contribution in [2.75, 3.05) is 25.6 Å². The van der Waals surface area contributed by atoms with Gasteiger partial charge in [-0.25, -0.2) is 0 Å². The van der Waals surface area contributed by atoms with Crippen molar-refractivity contribution in [3.05, 3.63) is 54.1 Å². The Morgan fingerprint density at radius 1 is 0.900 bits per heavy atom. The first-order valence-electron chi connectivity index (χ1n) is 6.88. The van der Waals surface area contributed by atoms with Crippen molar-refractivity contribution in [2.24, 2.45) is 0 Å². The van der Waals surface area contributed by atoms with E-state index in [0.29, 0.717) is 13.2 Å². The average molecular weight is 271 g/mol. The van der Waals surface area contributed by atoms with E-state index in [9.17, 15) is 0 Å². The van der Waals surface area contributed by atoms with E-state index in [2.05, 4.69) is 18.3 Å². The number of hydrogen-bond acceptors (Lipinski definition) is 3. The summed E-state index contributed by atoms with van der Waals surface area (Å²) < 4.78 is 11.3. The molecule has 3 heteroatoms. The summed E-state index contributed by atoms with van der Waals surface area (Å²) in [6, 6.07) is 16.0. The molecule has 0 amide bonds. The van der Waals surface area contributed by atoms with Crippen LogP contribution in [0.2, 0.25) is 0 Å². The Bertz CT molecular complexity index is 523. The normalized spacial score (nSPS) is 10.1. The highest BCUT2D eigenvalue weighted by Crippen LogP contribution is 2.15. The van der Waals surface area contributed by atoms with Crippen LogP contribution in [0.25, 0.3) is 0 Å². The van der Waals surface area contributed by atoms with Crippen molar-refractivity contribution < 1.29 is 9.47 Å². The molecule has 0 unspecified atom stereocenters. The minimum atomic E-state index is 0.657. The smallest absolute Gasteiger partial charge is 0.119 e. The minimum absolute atomic E-state index is 0.657. The molecule has 0 spiro atoms. The van der Waals surface area contributed by atoms with Gasteiger partial charge in [0.05, 0.1) is 13.2 Å². The molecular weight excluding hydrogens is 250 g/mol. The maximum absolute atomic E-state index is 5.67. The van der Waals surface area contributed by atoms with Gasteiger partial charge in [0.2, 0.25) is 0 Å². The molecule has 0 saturated carbocycles. The van der Waals surface area contributed by atoms with E-state index < -0.39 is 0 Å². The zero-order valence-corrected chi connectivity index (χ0v) is 12.1. The summed E-state index contributed by atoms with van der Waals surface area (Å²) >= 11 is 0. The highest BCUT2D eigenvalue weighted by molar-refractivity contribution is 5.45. The van der Waals surface area contributed by atoms with Gasteiger partial charge < -0.3 is 14.8 Å². The molecule has 0 heterocycles. The standard InChI is InChI=1S/C17H21NO2/c1-14-5-3-6-17(13-14)20-12-4-11-19-16-9-7-15(18-2)8-10-16/h3,5-10,13,18H,4,11-12H2,1-2H3. The summed E-state index contributed by atoms with van der Waals surface area (Å²) in [6.07, 6.45) is 0.863. The maximum Gasteiger partial charge on any atom is 0.119 e. The zero-order valence-electron chi connectivity index (χ0n) is 12.1. The Morgan fingerprint density at radius 3 is 2.25 bits per heavy atom. The molecule has 0 aromatic heterocycles. The molecule has 0 radical (unpaired) electrons. The molecule has 2 aromatic carbocycles. The Kier molecular flexibility index (Phi) is 5.30. The van der Waals surface area contributed by atoms with Crippen LogP contribution in [0.15, 0.2) is 48.5 Å². The molecule has 2 aromatic rings. The van der Waals surface area contributed by atoms with Crippen LogP contribution in [0.3, 0.4) is 0 Å². The topological polar surface area (TPSA) is 30.5 Å². The third-order valence-corrected chi connectivity index (χ3v) is 2.96. The van der Waals surface area contributed by atoms with Gasteiger partial charge in [-0.15, -0.1) is 0 Å². The number of rotatable bonds is 7. The molecule has 106 valence electrons. The third-order valence-electron chi connectivity index (χ3n) is 2.96. The van der Waals surface area contributed by atoms with E-state index in [1.165, 1.54) is 5.56 Å². The van der Waals surface area contributed by atoms with Crippen LogP contribution >= 0.6 is 0 Å². The Labute approximate surface area is 120 Å². The monoisotopic (exact) mass is 271 g/mol. The van der Waals surface area contributed by atoms with Crippen molar-refractivity contribution in [1.29, 1.82) is 0 Å². The molecule has 0 bridgehead atoms. The van der Waals surface area contributed by atoms with Crippen molar-refractivity contribution in [3.8, 4) is 11.5 Å². The summed E-state index contributed by atoms with van der Waals surface area (Å²) in [6.45, 7) is 3.38. The summed E-state index contributed by atoms with van der Waals surface area (Å²) in [7, 11) is 1.90. The Morgan fingerprint density at radius 2 is 1.60 bits per heavy atom. The lowest BCUT2D eigenvalue weighted by Gasteiger charge is -2.09. The maximum atomic E-state index is 5.67. The van der Waals surface area contributed by atoms with Gasteiger partial charge in [-0.3, -0.25) is 0 Å². The highest BCUT2D eigenvalue weighted by atomic mass is 16.5. The number of hydrogen-bond donors (Lipinski definition) is 1. The van der Waals surface area contributed by atoms with E-state index in [4.69, 9.17) is 9.47 Å². The van der Waals surface area contributed by atoms with Gasteiger partial charge in [0, 0.05) is 19.2 Å². The van der Waals surface area contributed by atoms with Crippen molar-refractivity contribution >= 4 is 5.69 Å². The van der Waals surface area contributed by atoms with E-state index in [1.807, 2.05) is 49.5 Å². The van der Waals surface area contributed by atoms with Crippen molar-refractivity contribution in [3.63, 3.8) is 0 Å². The molecule has 0 aliphatic heterocycles. The van der Waals surface area contributed by atoms with E-state index >= 15 is 0 Å². The molecule has 0 atom stereocenters. The van der Waals surface area contributed by atoms with Crippen molar-refractivity contribution in [1.82, 2.24) is 0 Å². The predicted octanol–water partition coefficient (Wildman–Crippen LogP) is 3.88. The first kappa shape index (κ1) is 14.3. The largest absolute Gasteiger partial charge is 0.493 e. The van der Waals surface area contributed by atoms with Gasteiger partial charge in [-0.1, -0.05) is 12.1 Å². The lowest BCUT2D eigenvalue weighted by molar-refractivity contribution is 0.247. The molecule has 2 rings (SSSR count). The molecule has 0 saturated heterocycles. The first-order chi connectivity index (χ1) is 9.78. The number of benzene rings is 2. The fourth-order valence-corrected chi connectivity index (χ4v) is 1.86. The number of aryl methyl sites for hydroxylation is 1. The molecule has 0 aliphatic carbocycles. The van der Waals surface area contributed by atoms with Crippen LogP contribution in [0.5, 0.6) is 11.5 Å². The predicted molar refractivity (Wildman–Crippen MR) is 82.8 cm³/mol. The molecule has 1 N–H and O–H groups in total. The number of anilines is 1. The second-order valence-electron chi connectivity index (χ2n) is 4.64. The van der Waals surface area contributed by atoms with Crippen LogP contribution in [0.1, 0.15) is 12.0 Å². The highest BCUT2D eigenvalue weighted by Gasteiger charge is 1.96. The molecule has 20 heavy (non-hydrogen) atoms. The van der Waals surface area contributed by atoms with Crippen LogP contribution in [0, 0.1) is 6.92 Å². The molecule has 0 aliphatic rings. The summed E-state index contributed by atoms with van der Waals surface area (Å²) in [5.41, 5.74) is 2.29. The van der Waals surface area contributed by atoms with Gasteiger partial charge in [0.1, 0.15) is 11.5 Å². The second kappa shape index (κ2) is 7.43. The lowest BCUT2D eigenvalue weighted by Crippen LogP contribution is -2.05. The first-order valence-corrected chi connectivity index (χ1v) is 6.88. The third kappa shape index (κ3) is 4.50. The van der Waals surface area contributed by atoms with E-state index in [-0.39, 0.29) is 0 Å². The van der Waals surface area contributed by atoms with Gasteiger partial charge in [0.25, 0.3) is 0 Å². The quantitative estimate of drug-likeness (QED) is 0.775. The van der Waals surface area contributed by atoms with Crippen LogP contribution in [-0.2, 0) is 0 Å². The van der Waals surface area contributed by atoms with Gasteiger partial charge >= 0.3 is 0 Å². The molecular formula is C17H21NO2. The van der Waals surface area contributed by atoms with Gasteiger partial charge in [-0.05, 0) is 48.9 Å². The SMILES string of the molecule is CNc1ccc(OCCCOc2cccc(C)c2)cc1. The summed E-state index contributed by atoms with van der Waals surface area (Å²) in [5, 5.41) is 3.08. The summed E-state index contributed by atoms with van der Waals surface area (Å²) in [4.78, 5) is 0. The second-order valence-corrected chi connectivity index (χ2v) is 4.64. The van der Waals surface area contributed by atoms with Crippen LogP contribution < -0.4 is 14.8 Å². The van der Waals surface area contributed by atoms with Gasteiger partial charge in [0.15, 0.2) is 0 Å². The van der Waals surface area contributed by atoms with Crippen LogP contribution in [-0.4, -0.2) is 20.3 Å². The van der Waals surface area contributed by atoms with Crippen molar-refractivity contribution in [2.45, 2.75) is 13.3 Å². The fourth-order valence-electron chi connectivity index (χ4n) is 1.86. The molecule has 0 fully saturated rings. The number of nitrogens with one attached hydrogen (secondary N) is 1. The fraction of sp³-hybridized carbons (Fsp3) is 0.294. The summed E-state index contributed by atoms with van der Waals surface area (Å²) in [5.74, 6) is 1.81. The Hall–Kier alpha value is -2.16. The minimum Gasteiger partial charge on any atom is -0.493 e. The number of ether oxygens (including phenoxy) is 2. The average Bonchev–Trinajstić information content (AvgIpc) is 2.48. The molecule has 3 nitrogen and oxygen atoms in total. The van der Waals surface area contributed by atoms with E-state index in [1.54, 1.807) is 0 Å². The van der Waals surface area contributed by atoms with Crippen LogP contribution in [0.4, 0.5) is 5.69 Å². The van der Waals surface area contributed by atoms with Gasteiger partial charge in [-0.2, -0.15) is 0 Å². The lowest BCUT2D eigenvalue weighted by atomic mass is 10.2. The zero-order chi connectivity index (χ0) is 14.2. The van der Waals surface area contributed by atoms with E-state index in [0.717, 1.165) is 23.6 Å². The Balaban J connectivity index is 1.66.